The first kappa shape index (κ1) is 17.7. The largest absolute Gasteiger partial charge is 0.394 e. The lowest BCUT2D eigenvalue weighted by atomic mass is 9.54. The number of amides is 1. The maximum Gasteiger partial charge on any atom is 0.239 e. The van der Waals surface area contributed by atoms with Crippen LogP contribution in [0.3, 0.4) is 0 Å². The summed E-state index contributed by atoms with van der Waals surface area (Å²) in [5.41, 5.74) is -0.606. The standard InChI is InChI=1S/C17H32N2O3/c1-6-22-14-10-17(11-20,16(14,4)5)18-13-8-7-9-19(12(2)3)15(13)21/h12-14,18,20H,6-11H2,1-5H3. The third-order valence-electron chi connectivity index (χ3n) is 5.76. The minimum Gasteiger partial charge on any atom is -0.394 e. The van der Waals surface area contributed by atoms with E-state index in [1.54, 1.807) is 0 Å². The summed E-state index contributed by atoms with van der Waals surface area (Å²) in [5, 5.41) is 13.5. The van der Waals surface area contributed by atoms with Crippen LogP contribution in [0.15, 0.2) is 0 Å². The first-order valence-corrected chi connectivity index (χ1v) is 8.59. The normalized spacial score (nSPS) is 34.9. The number of carbonyl (C=O) groups excluding carboxylic acids is 1. The van der Waals surface area contributed by atoms with Crippen molar-refractivity contribution in [3.05, 3.63) is 0 Å². The number of aliphatic hydroxyl groups excluding tert-OH is 1. The van der Waals surface area contributed by atoms with E-state index >= 15 is 0 Å². The van der Waals surface area contributed by atoms with Gasteiger partial charge < -0.3 is 14.7 Å². The highest BCUT2D eigenvalue weighted by Gasteiger charge is 2.61. The lowest BCUT2D eigenvalue weighted by Gasteiger charge is -2.62. The van der Waals surface area contributed by atoms with E-state index in [1.807, 2.05) is 11.8 Å². The number of aliphatic hydroxyl groups is 1. The van der Waals surface area contributed by atoms with Crippen LogP contribution in [0, 0.1) is 5.41 Å². The molecule has 0 bridgehead atoms. The van der Waals surface area contributed by atoms with E-state index in [2.05, 4.69) is 33.0 Å². The molecule has 2 rings (SSSR count). The number of piperidine rings is 1. The van der Waals surface area contributed by atoms with Crippen molar-refractivity contribution in [1.29, 1.82) is 0 Å². The molecule has 1 aliphatic carbocycles. The number of nitrogens with one attached hydrogen (secondary N) is 1. The lowest BCUT2D eigenvalue weighted by molar-refractivity contribution is -0.183. The van der Waals surface area contributed by atoms with Crippen molar-refractivity contribution in [2.24, 2.45) is 5.41 Å². The molecule has 22 heavy (non-hydrogen) atoms. The van der Waals surface area contributed by atoms with Crippen LogP contribution < -0.4 is 5.32 Å². The van der Waals surface area contributed by atoms with Gasteiger partial charge in [-0.15, -0.1) is 0 Å². The molecule has 1 saturated carbocycles. The van der Waals surface area contributed by atoms with Crippen molar-refractivity contribution < 1.29 is 14.6 Å². The summed E-state index contributed by atoms with van der Waals surface area (Å²) in [5.74, 6) is 0.171. The molecule has 2 aliphatic rings. The SMILES string of the molecule is CCOC1CC(CO)(NC2CCCN(C(C)C)C2=O)C1(C)C. The van der Waals surface area contributed by atoms with Crippen LogP contribution in [-0.2, 0) is 9.53 Å². The second-order valence-corrected chi connectivity index (χ2v) is 7.57. The molecule has 0 aromatic heterocycles. The third kappa shape index (κ3) is 2.79. The molecule has 0 radical (unpaired) electrons. The summed E-state index contributed by atoms with van der Waals surface area (Å²) in [6, 6.07) is 0.0397. The predicted molar refractivity (Wildman–Crippen MR) is 86.6 cm³/mol. The molecule has 0 aromatic rings. The molecular weight excluding hydrogens is 280 g/mol. The number of rotatable bonds is 6. The first-order valence-electron chi connectivity index (χ1n) is 8.59. The summed E-state index contributed by atoms with van der Waals surface area (Å²) < 4.78 is 5.78. The minimum atomic E-state index is -0.423. The second-order valence-electron chi connectivity index (χ2n) is 7.57. The van der Waals surface area contributed by atoms with E-state index in [-0.39, 0.29) is 36.1 Å². The van der Waals surface area contributed by atoms with Crippen LogP contribution >= 0.6 is 0 Å². The molecule has 2 N–H and O–H groups in total. The second kappa shape index (κ2) is 6.46. The zero-order chi connectivity index (χ0) is 16.5. The summed E-state index contributed by atoms with van der Waals surface area (Å²) in [6.45, 7) is 11.9. The van der Waals surface area contributed by atoms with E-state index in [0.717, 1.165) is 25.8 Å². The monoisotopic (exact) mass is 312 g/mol. The fourth-order valence-corrected chi connectivity index (χ4v) is 3.92. The van der Waals surface area contributed by atoms with Gasteiger partial charge in [-0.1, -0.05) is 13.8 Å². The Morgan fingerprint density at radius 1 is 1.45 bits per heavy atom. The molecule has 1 saturated heterocycles. The van der Waals surface area contributed by atoms with Gasteiger partial charge in [0.2, 0.25) is 5.91 Å². The Hall–Kier alpha value is -0.650. The van der Waals surface area contributed by atoms with Crippen molar-refractivity contribution in [3.8, 4) is 0 Å². The van der Waals surface area contributed by atoms with Crippen LogP contribution in [0.5, 0.6) is 0 Å². The Morgan fingerprint density at radius 3 is 2.64 bits per heavy atom. The number of carbonyl (C=O) groups is 1. The molecule has 3 unspecified atom stereocenters. The van der Waals surface area contributed by atoms with Crippen molar-refractivity contribution in [3.63, 3.8) is 0 Å². The fraction of sp³-hybridized carbons (Fsp3) is 0.941. The van der Waals surface area contributed by atoms with Gasteiger partial charge in [-0.05, 0) is 40.0 Å². The van der Waals surface area contributed by atoms with Gasteiger partial charge in [0.05, 0.1) is 24.3 Å². The molecule has 1 amide bonds. The van der Waals surface area contributed by atoms with Crippen LogP contribution in [0.1, 0.15) is 53.9 Å². The fourth-order valence-electron chi connectivity index (χ4n) is 3.92. The molecule has 5 nitrogen and oxygen atoms in total. The highest BCUT2D eigenvalue weighted by Crippen LogP contribution is 2.51. The number of ether oxygens (including phenoxy) is 1. The zero-order valence-corrected chi connectivity index (χ0v) is 14.7. The Kier molecular flexibility index (Phi) is 5.20. The maximum atomic E-state index is 12.7. The van der Waals surface area contributed by atoms with Crippen molar-refractivity contribution in [2.75, 3.05) is 19.8 Å². The molecule has 128 valence electrons. The molecule has 1 aliphatic heterocycles. The van der Waals surface area contributed by atoms with E-state index in [0.29, 0.717) is 6.61 Å². The Labute approximate surface area is 134 Å². The van der Waals surface area contributed by atoms with Crippen LogP contribution in [0.25, 0.3) is 0 Å². The molecule has 3 atom stereocenters. The molecular formula is C17H32N2O3. The predicted octanol–water partition coefficient (Wildman–Crippen LogP) is 1.54. The molecule has 2 fully saturated rings. The van der Waals surface area contributed by atoms with E-state index in [4.69, 9.17) is 4.74 Å². The van der Waals surface area contributed by atoms with Crippen molar-refractivity contribution in [2.45, 2.75) is 77.6 Å². The van der Waals surface area contributed by atoms with Gasteiger partial charge >= 0.3 is 0 Å². The number of hydrogen-bond acceptors (Lipinski definition) is 4. The number of hydrogen-bond donors (Lipinski definition) is 2. The summed E-state index contributed by atoms with van der Waals surface area (Å²) in [6.07, 6.45) is 2.75. The lowest BCUT2D eigenvalue weighted by Crippen LogP contribution is -2.76. The number of likely N-dealkylation sites (tertiary alicyclic amines) is 1. The molecule has 0 aromatic carbocycles. The Bertz CT molecular complexity index is 411. The average Bonchev–Trinajstić information content (AvgIpc) is 2.47. The Morgan fingerprint density at radius 2 is 2.14 bits per heavy atom. The molecule has 5 heteroatoms. The minimum absolute atomic E-state index is 0.0367. The van der Waals surface area contributed by atoms with Crippen LogP contribution in [0.2, 0.25) is 0 Å². The summed E-state index contributed by atoms with van der Waals surface area (Å²) in [4.78, 5) is 14.6. The summed E-state index contributed by atoms with van der Waals surface area (Å²) in [7, 11) is 0. The highest BCUT2D eigenvalue weighted by molar-refractivity contribution is 5.83. The highest BCUT2D eigenvalue weighted by atomic mass is 16.5. The van der Waals surface area contributed by atoms with E-state index in [1.165, 1.54) is 0 Å². The van der Waals surface area contributed by atoms with E-state index < -0.39 is 5.54 Å². The first-order chi connectivity index (χ1) is 10.3. The van der Waals surface area contributed by atoms with E-state index in [9.17, 15) is 9.90 Å². The Balaban J connectivity index is 2.09. The average molecular weight is 312 g/mol. The van der Waals surface area contributed by atoms with Crippen LogP contribution in [-0.4, -0.2) is 59.4 Å². The van der Waals surface area contributed by atoms with Gasteiger partial charge in [0, 0.05) is 24.6 Å². The third-order valence-corrected chi connectivity index (χ3v) is 5.76. The van der Waals surface area contributed by atoms with Crippen molar-refractivity contribution in [1.82, 2.24) is 10.2 Å². The quantitative estimate of drug-likeness (QED) is 0.781. The molecule has 1 heterocycles. The van der Waals surface area contributed by atoms with Crippen molar-refractivity contribution >= 4 is 5.91 Å². The number of nitrogens with zero attached hydrogens (tertiary/aromatic N) is 1. The summed E-state index contributed by atoms with van der Waals surface area (Å²) >= 11 is 0. The topological polar surface area (TPSA) is 61.8 Å². The smallest absolute Gasteiger partial charge is 0.239 e. The van der Waals surface area contributed by atoms with Gasteiger partial charge in [-0.2, -0.15) is 0 Å². The van der Waals surface area contributed by atoms with Gasteiger partial charge in [0.25, 0.3) is 0 Å². The molecule has 0 spiro atoms. The van der Waals surface area contributed by atoms with Gasteiger partial charge in [-0.25, -0.2) is 0 Å². The van der Waals surface area contributed by atoms with Crippen LogP contribution in [0.4, 0.5) is 0 Å². The zero-order valence-electron chi connectivity index (χ0n) is 14.7. The maximum absolute atomic E-state index is 12.7. The van der Waals surface area contributed by atoms with Gasteiger partial charge in [0.1, 0.15) is 0 Å². The van der Waals surface area contributed by atoms with Gasteiger partial charge in [0.15, 0.2) is 0 Å². The van der Waals surface area contributed by atoms with Gasteiger partial charge in [-0.3, -0.25) is 10.1 Å².